The number of amides is 2. The lowest BCUT2D eigenvalue weighted by molar-refractivity contribution is 0.163. The predicted octanol–water partition coefficient (Wildman–Crippen LogP) is 3.26. The number of hydrogen-bond acceptors (Lipinski definition) is 2. The number of rotatable bonds is 7. The van der Waals surface area contributed by atoms with Crippen molar-refractivity contribution in [3.05, 3.63) is 35.4 Å². The Hall–Kier alpha value is -1.55. The summed E-state index contributed by atoms with van der Waals surface area (Å²) in [4.78, 5) is 14.7. The Morgan fingerprint density at radius 1 is 1.39 bits per heavy atom. The van der Waals surface area contributed by atoms with Crippen molar-refractivity contribution in [1.29, 1.82) is 0 Å². The number of benzene rings is 1. The summed E-state index contributed by atoms with van der Waals surface area (Å²) in [6, 6.07) is 8.59. The van der Waals surface area contributed by atoms with Gasteiger partial charge in [-0.2, -0.15) is 0 Å². The van der Waals surface area contributed by atoms with E-state index in [1.54, 1.807) is 0 Å². The minimum atomic E-state index is 0.0277. The molecule has 2 N–H and O–H groups in total. The summed E-state index contributed by atoms with van der Waals surface area (Å²) in [6.45, 7) is 3.72. The summed E-state index contributed by atoms with van der Waals surface area (Å²) in [5.74, 6) is 0. The van der Waals surface area contributed by atoms with Crippen molar-refractivity contribution >= 4 is 6.03 Å². The number of carbonyl (C=O) groups excluding carboxylic acids is 1. The zero-order valence-electron chi connectivity index (χ0n) is 14.1. The predicted molar refractivity (Wildman–Crippen MR) is 91.3 cm³/mol. The maximum absolute atomic E-state index is 12.8. The van der Waals surface area contributed by atoms with Crippen molar-refractivity contribution in [3.8, 4) is 0 Å². The molecule has 0 saturated heterocycles. The molecule has 0 heterocycles. The highest BCUT2D eigenvalue weighted by atomic mass is 16.3. The van der Waals surface area contributed by atoms with Crippen molar-refractivity contribution in [2.75, 3.05) is 19.7 Å². The Morgan fingerprint density at radius 2 is 2.17 bits per heavy atom. The van der Waals surface area contributed by atoms with Crippen LogP contribution in [0, 0.1) is 5.41 Å². The lowest BCUT2D eigenvalue weighted by atomic mass is 10.0. The molecule has 0 aliphatic heterocycles. The molecule has 1 atom stereocenters. The average molecular weight is 316 g/mol. The van der Waals surface area contributed by atoms with Crippen molar-refractivity contribution in [1.82, 2.24) is 10.2 Å². The SMILES string of the molecule is CCC1(CNC(=O)N(CCCO)C2CCc3ccccc32)CC1. The highest BCUT2D eigenvalue weighted by Gasteiger charge is 2.41. The molecule has 0 radical (unpaired) electrons. The van der Waals surface area contributed by atoms with Gasteiger partial charge in [0.15, 0.2) is 0 Å². The van der Waals surface area contributed by atoms with Gasteiger partial charge in [0.05, 0.1) is 6.04 Å². The van der Waals surface area contributed by atoms with Crippen LogP contribution in [-0.4, -0.2) is 35.7 Å². The van der Waals surface area contributed by atoms with E-state index in [0.29, 0.717) is 18.4 Å². The second-order valence-corrected chi connectivity index (χ2v) is 7.04. The van der Waals surface area contributed by atoms with Crippen LogP contribution in [0.4, 0.5) is 4.79 Å². The van der Waals surface area contributed by atoms with Crippen LogP contribution >= 0.6 is 0 Å². The number of nitrogens with one attached hydrogen (secondary N) is 1. The molecule has 1 saturated carbocycles. The smallest absolute Gasteiger partial charge is 0.317 e. The monoisotopic (exact) mass is 316 g/mol. The van der Waals surface area contributed by atoms with Gasteiger partial charge in [-0.3, -0.25) is 0 Å². The number of fused-ring (bicyclic) bond motifs is 1. The number of aryl methyl sites for hydroxylation is 1. The molecule has 2 aliphatic carbocycles. The molecule has 1 fully saturated rings. The van der Waals surface area contributed by atoms with Gasteiger partial charge in [0.1, 0.15) is 0 Å². The lowest BCUT2D eigenvalue weighted by Crippen LogP contribution is -2.44. The lowest BCUT2D eigenvalue weighted by Gasteiger charge is -2.30. The minimum Gasteiger partial charge on any atom is -0.396 e. The first kappa shape index (κ1) is 16.3. The molecule has 126 valence electrons. The van der Waals surface area contributed by atoms with Crippen LogP contribution in [-0.2, 0) is 6.42 Å². The molecular formula is C19H28N2O2. The van der Waals surface area contributed by atoms with E-state index in [2.05, 4.69) is 36.5 Å². The molecule has 2 aliphatic rings. The van der Waals surface area contributed by atoms with E-state index < -0.39 is 0 Å². The number of carbonyl (C=O) groups is 1. The third-order valence-electron chi connectivity index (χ3n) is 5.62. The van der Waals surface area contributed by atoms with Crippen molar-refractivity contribution < 1.29 is 9.90 Å². The Kier molecular flexibility index (Phi) is 4.90. The molecule has 4 heteroatoms. The van der Waals surface area contributed by atoms with Crippen LogP contribution in [0.3, 0.4) is 0 Å². The number of aliphatic hydroxyl groups excluding tert-OH is 1. The van der Waals surface area contributed by atoms with Crippen molar-refractivity contribution in [3.63, 3.8) is 0 Å². The number of aliphatic hydroxyl groups is 1. The molecule has 4 nitrogen and oxygen atoms in total. The van der Waals surface area contributed by atoms with Crippen LogP contribution in [0.1, 0.15) is 56.2 Å². The van der Waals surface area contributed by atoms with E-state index in [9.17, 15) is 9.90 Å². The van der Waals surface area contributed by atoms with Gasteiger partial charge < -0.3 is 15.3 Å². The van der Waals surface area contributed by atoms with Crippen LogP contribution in [0.2, 0.25) is 0 Å². The summed E-state index contributed by atoms with van der Waals surface area (Å²) in [7, 11) is 0. The van der Waals surface area contributed by atoms with Crippen LogP contribution in [0.15, 0.2) is 24.3 Å². The molecule has 1 aromatic rings. The summed E-state index contributed by atoms with van der Waals surface area (Å²) in [5, 5.41) is 12.3. The summed E-state index contributed by atoms with van der Waals surface area (Å²) in [6.07, 6.45) is 6.24. The highest BCUT2D eigenvalue weighted by Crippen LogP contribution is 2.48. The summed E-state index contributed by atoms with van der Waals surface area (Å²) < 4.78 is 0. The fourth-order valence-electron chi connectivity index (χ4n) is 3.70. The van der Waals surface area contributed by atoms with Gasteiger partial charge in [0, 0.05) is 19.7 Å². The molecule has 1 unspecified atom stereocenters. The molecule has 1 aromatic carbocycles. The zero-order chi connectivity index (χ0) is 16.3. The molecule has 0 aromatic heterocycles. The minimum absolute atomic E-state index is 0.0277. The maximum atomic E-state index is 12.8. The summed E-state index contributed by atoms with van der Waals surface area (Å²) in [5.41, 5.74) is 2.98. The van der Waals surface area contributed by atoms with Gasteiger partial charge in [-0.1, -0.05) is 31.2 Å². The van der Waals surface area contributed by atoms with Gasteiger partial charge in [0.25, 0.3) is 0 Å². The standard InChI is InChI=1S/C19H28N2O2/c1-2-19(10-11-19)14-20-18(23)21(12-5-13-22)17-9-8-15-6-3-4-7-16(15)17/h3-4,6-7,17,22H,2,5,8-14H2,1H3,(H,20,23). The third kappa shape index (κ3) is 3.52. The largest absolute Gasteiger partial charge is 0.396 e. The Balaban J connectivity index is 1.69. The maximum Gasteiger partial charge on any atom is 0.317 e. The van der Waals surface area contributed by atoms with Gasteiger partial charge >= 0.3 is 6.03 Å². The molecule has 2 amide bonds. The highest BCUT2D eigenvalue weighted by molar-refractivity contribution is 5.75. The van der Waals surface area contributed by atoms with E-state index in [1.807, 2.05) is 4.90 Å². The van der Waals surface area contributed by atoms with Gasteiger partial charge in [-0.05, 0) is 55.1 Å². The molecule has 0 bridgehead atoms. The first-order valence-electron chi connectivity index (χ1n) is 8.92. The Bertz CT molecular complexity index is 554. The first-order valence-corrected chi connectivity index (χ1v) is 8.92. The Morgan fingerprint density at radius 3 is 2.87 bits per heavy atom. The quantitative estimate of drug-likeness (QED) is 0.811. The fraction of sp³-hybridized carbons (Fsp3) is 0.632. The fourth-order valence-corrected chi connectivity index (χ4v) is 3.70. The van der Waals surface area contributed by atoms with Gasteiger partial charge in [-0.15, -0.1) is 0 Å². The molecular weight excluding hydrogens is 288 g/mol. The zero-order valence-corrected chi connectivity index (χ0v) is 14.1. The molecule has 23 heavy (non-hydrogen) atoms. The first-order chi connectivity index (χ1) is 11.2. The van der Waals surface area contributed by atoms with E-state index in [0.717, 1.165) is 25.8 Å². The second kappa shape index (κ2) is 6.91. The third-order valence-corrected chi connectivity index (χ3v) is 5.62. The number of urea groups is 1. The van der Waals surface area contributed by atoms with E-state index >= 15 is 0 Å². The topological polar surface area (TPSA) is 52.6 Å². The van der Waals surface area contributed by atoms with Gasteiger partial charge in [-0.25, -0.2) is 4.79 Å². The molecule has 3 rings (SSSR count). The number of nitrogens with zero attached hydrogens (tertiary/aromatic N) is 1. The van der Waals surface area contributed by atoms with Crippen LogP contribution in [0.5, 0.6) is 0 Å². The second-order valence-electron chi connectivity index (χ2n) is 7.04. The van der Waals surface area contributed by atoms with Crippen LogP contribution < -0.4 is 5.32 Å². The Labute approximate surface area is 138 Å². The van der Waals surface area contributed by atoms with E-state index in [4.69, 9.17) is 0 Å². The van der Waals surface area contributed by atoms with Gasteiger partial charge in [0.2, 0.25) is 0 Å². The average Bonchev–Trinajstić information content (AvgIpc) is 3.26. The van der Waals surface area contributed by atoms with Crippen molar-refractivity contribution in [2.45, 2.75) is 51.5 Å². The normalized spacial score (nSPS) is 20.9. The van der Waals surface area contributed by atoms with E-state index in [1.165, 1.54) is 24.0 Å². The van der Waals surface area contributed by atoms with Crippen molar-refractivity contribution in [2.24, 2.45) is 5.41 Å². The molecule has 0 spiro atoms. The van der Waals surface area contributed by atoms with E-state index in [-0.39, 0.29) is 18.7 Å². The van der Waals surface area contributed by atoms with Crippen LogP contribution in [0.25, 0.3) is 0 Å². The number of hydrogen-bond donors (Lipinski definition) is 2. The summed E-state index contributed by atoms with van der Waals surface area (Å²) >= 11 is 0.